The van der Waals surface area contributed by atoms with Crippen molar-refractivity contribution in [2.75, 3.05) is 11.8 Å². The second-order valence-corrected chi connectivity index (χ2v) is 2.84. The Morgan fingerprint density at radius 2 is 2.08 bits per heavy atom. The zero-order valence-electron chi connectivity index (χ0n) is 7.48. The monoisotopic (exact) mass is 210 g/mol. The van der Waals surface area contributed by atoms with Gasteiger partial charge in [0.25, 0.3) is 0 Å². The molecular formula is C7H9NNaO3S. The molecule has 1 aromatic rings. The van der Waals surface area contributed by atoms with Gasteiger partial charge in [-0.3, -0.25) is 4.72 Å². The maximum Gasteiger partial charge on any atom is 0.222 e. The van der Waals surface area contributed by atoms with Gasteiger partial charge in [-0.25, -0.2) is 8.42 Å². The van der Waals surface area contributed by atoms with E-state index in [0.29, 0.717) is 11.4 Å². The SMILES string of the molecule is COc1cccc(N[SH](=O)=O)c1.[Na]. The number of hydrogen-bond acceptors (Lipinski definition) is 3. The molecule has 0 aliphatic rings. The van der Waals surface area contributed by atoms with Crippen molar-refractivity contribution in [2.24, 2.45) is 0 Å². The van der Waals surface area contributed by atoms with Gasteiger partial charge in [-0.2, -0.15) is 0 Å². The Kier molecular flexibility index (Phi) is 6.15. The molecule has 67 valence electrons. The van der Waals surface area contributed by atoms with E-state index in [0.717, 1.165) is 0 Å². The van der Waals surface area contributed by atoms with Gasteiger partial charge >= 0.3 is 0 Å². The Morgan fingerprint density at radius 1 is 1.38 bits per heavy atom. The van der Waals surface area contributed by atoms with Gasteiger partial charge in [0.15, 0.2) is 0 Å². The predicted molar refractivity (Wildman–Crippen MR) is 52.7 cm³/mol. The fourth-order valence-corrected chi connectivity index (χ4v) is 1.15. The minimum absolute atomic E-state index is 0. The summed E-state index contributed by atoms with van der Waals surface area (Å²) in [5.41, 5.74) is 0.505. The van der Waals surface area contributed by atoms with Gasteiger partial charge in [0.1, 0.15) is 5.75 Å². The molecule has 0 aliphatic carbocycles. The van der Waals surface area contributed by atoms with Crippen molar-refractivity contribution in [3.8, 4) is 5.75 Å². The summed E-state index contributed by atoms with van der Waals surface area (Å²) in [7, 11) is -1.08. The van der Waals surface area contributed by atoms with Gasteiger partial charge < -0.3 is 4.74 Å². The fourth-order valence-electron chi connectivity index (χ4n) is 0.798. The van der Waals surface area contributed by atoms with E-state index in [-0.39, 0.29) is 29.6 Å². The molecule has 0 bridgehead atoms. The van der Waals surface area contributed by atoms with Crippen molar-refractivity contribution in [1.29, 1.82) is 0 Å². The van der Waals surface area contributed by atoms with E-state index in [4.69, 9.17) is 4.74 Å². The van der Waals surface area contributed by atoms with E-state index >= 15 is 0 Å². The van der Waals surface area contributed by atoms with Crippen LogP contribution in [0.3, 0.4) is 0 Å². The smallest absolute Gasteiger partial charge is 0.222 e. The van der Waals surface area contributed by atoms with Crippen LogP contribution in [0.1, 0.15) is 0 Å². The number of nitrogens with one attached hydrogen (secondary N) is 1. The summed E-state index contributed by atoms with van der Waals surface area (Å²) in [4.78, 5) is 0. The molecule has 1 radical (unpaired) electrons. The van der Waals surface area contributed by atoms with Crippen molar-refractivity contribution in [3.05, 3.63) is 24.3 Å². The molecule has 0 saturated heterocycles. The maximum atomic E-state index is 10.3. The molecule has 6 heteroatoms. The molecule has 4 nitrogen and oxygen atoms in total. The van der Waals surface area contributed by atoms with Gasteiger partial charge in [0.05, 0.1) is 12.8 Å². The van der Waals surface area contributed by atoms with Crippen LogP contribution in [0.25, 0.3) is 0 Å². The van der Waals surface area contributed by atoms with Crippen LogP contribution in [0, 0.1) is 0 Å². The molecule has 0 heterocycles. The molecule has 0 aromatic heterocycles. The van der Waals surface area contributed by atoms with Crippen LogP contribution in [0.15, 0.2) is 24.3 Å². The van der Waals surface area contributed by atoms with E-state index in [1.54, 1.807) is 24.3 Å². The Labute approximate surface area is 101 Å². The Hall–Kier alpha value is -0.230. The first kappa shape index (κ1) is 12.8. The molecule has 1 N–H and O–H groups in total. The summed E-state index contributed by atoms with van der Waals surface area (Å²) in [6.07, 6.45) is 0. The van der Waals surface area contributed by atoms with Crippen molar-refractivity contribution >= 4 is 46.1 Å². The van der Waals surface area contributed by atoms with Crippen molar-refractivity contribution in [3.63, 3.8) is 0 Å². The summed E-state index contributed by atoms with van der Waals surface area (Å²) in [5, 5.41) is 0. The summed E-state index contributed by atoms with van der Waals surface area (Å²) in [5.74, 6) is 0.622. The van der Waals surface area contributed by atoms with E-state index in [9.17, 15) is 8.42 Å². The molecule has 0 fully saturated rings. The van der Waals surface area contributed by atoms with Crippen molar-refractivity contribution < 1.29 is 13.2 Å². The van der Waals surface area contributed by atoms with Crippen LogP contribution in [0.2, 0.25) is 0 Å². The molecule has 0 unspecified atom stereocenters. The van der Waals surface area contributed by atoms with Gasteiger partial charge in [-0.1, -0.05) is 6.07 Å². The van der Waals surface area contributed by atoms with Crippen LogP contribution in [-0.2, 0) is 10.9 Å². The van der Waals surface area contributed by atoms with Gasteiger partial charge in [-0.15, -0.1) is 0 Å². The zero-order valence-corrected chi connectivity index (χ0v) is 10.4. The maximum absolute atomic E-state index is 10.3. The molecule has 0 saturated carbocycles. The number of ether oxygens (including phenoxy) is 1. The predicted octanol–water partition coefficient (Wildman–Crippen LogP) is 0.253. The van der Waals surface area contributed by atoms with Crippen molar-refractivity contribution in [1.82, 2.24) is 0 Å². The molecule has 0 spiro atoms. The number of anilines is 1. The first-order valence-corrected chi connectivity index (χ1v) is 4.45. The Balaban J connectivity index is 0.00000144. The van der Waals surface area contributed by atoms with Crippen LogP contribution in [0.4, 0.5) is 5.69 Å². The number of benzene rings is 1. The molecule has 13 heavy (non-hydrogen) atoms. The van der Waals surface area contributed by atoms with E-state index in [1.807, 2.05) is 0 Å². The first-order valence-electron chi connectivity index (χ1n) is 3.27. The van der Waals surface area contributed by atoms with Crippen LogP contribution in [-0.4, -0.2) is 45.1 Å². The van der Waals surface area contributed by atoms with Gasteiger partial charge in [0, 0.05) is 35.6 Å². The number of hydrogen-bond donors (Lipinski definition) is 2. The molecule has 1 aromatic carbocycles. The van der Waals surface area contributed by atoms with Gasteiger partial charge in [0.2, 0.25) is 10.9 Å². The third-order valence-corrected chi connectivity index (χ3v) is 1.73. The van der Waals surface area contributed by atoms with Crippen LogP contribution in [0.5, 0.6) is 5.75 Å². The topological polar surface area (TPSA) is 55.4 Å². The van der Waals surface area contributed by atoms with Crippen LogP contribution < -0.4 is 9.46 Å². The Morgan fingerprint density at radius 3 is 2.62 bits per heavy atom. The van der Waals surface area contributed by atoms with Crippen molar-refractivity contribution in [2.45, 2.75) is 0 Å². The largest absolute Gasteiger partial charge is 0.497 e. The van der Waals surface area contributed by atoms with E-state index in [2.05, 4.69) is 4.72 Å². The minimum Gasteiger partial charge on any atom is -0.497 e. The second-order valence-electron chi connectivity index (χ2n) is 2.10. The average molecular weight is 210 g/mol. The molecule has 0 aliphatic heterocycles. The molecular weight excluding hydrogens is 201 g/mol. The number of thiol groups is 1. The molecule has 0 atom stereocenters. The molecule has 1 rings (SSSR count). The zero-order chi connectivity index (χ0) is 8.97. The van der Waals surface area contributed by atoms with Gasteiger partial charge in [-0.05, 0) is 12.1 Å². The van der Waals surface area contributed by atoms with E-state index < -0.39 is 10.9 Å². The summed E-state index contributed by atoms with van der Waals surface area (Å²) in [6, 6.07) is 6.70. The quantitative estimate of drug-likeness (QED) is 0.555. The number of methoxy groups -OCH3 is 1. The Bertz CT molecular complexity index is 332. The first-order chi connectivity index (χ1) is 5.72. The van der Waals surface area contributed by atoms with E-state index in [1.165, 1.54) is 7.11 Å². The standard InChI is InChI=1S/C7H9NO3S.Na/c1-11-7-4-2-3-6(5-7)8-12(9)10;/h2-5,12H,1H3,(H,8,9,10);. The minimum atomic E-state index is -2.60. The molecule has 0 amide bonds. The number of rotatable bonds is 3. The third kappa shape index (κ3) is 4.52. The average Bonchev–Trinajstić information content (AvgIpc) is 2.03. The second kappa shape index (κ2) is 6.26. The summed E-state index contributed by atoms with van der Waals surface area (Å²) < 4.78 is 27.7. The van der Waals surface area contributed by atoms with Crippen LogP contribution >= 0.6 is 0 Å². The summed E-state index contributed by atoms with van der Waals surface area (Å²) in [6.45, 7) is 0. The third-order valence-electron chi connectivity index (χ3n) is 1.29. The normalized spacial score (nSPS) is 9.08. The summed E-state index contributed by atoms with van der Waals surface area (Å²) >= 11 is 0. The fraction of sp³-hybridized carbons (Fsp3) is 0.143.